The van der Waals surface area contributed by atoms with E-state index in [9.17, 15) is 9.59 Å². The average Bonchev–Trinajstić information content (AvgIpc) is 3.44. The minimum absolute atomic E-state index is 0.0416. The number of carbonyl (C=O) groups excluding carboxylic acids is 2. The summed E-state index contributed by atoms with van der Waals surface area (Å²) in [6, 6.07) is 15.7. The predicted octanol–water partition coefficient (Wildman–Crippen LogP) is 4.44. The van der Waals surface area contributed by atoms with Crippen LogP contribution in [-0.2, 0) is 4.79 Å². The van der Waals surface area contributed by atoms with Gasteiger partial charge in [0.05, 0.1) is 19.1 Å². The van der Waals surface area contributed by atoms with Crippen molar-refractivity contribution in [1.82, 2.24) is 10.2 Å². The first-order chi connectivity index (χ1) is 15.6. The number of nitrogens with zero attached hydrogens (tertiary/aromatic N) is 1. The van der Waals surface area contributed by atoms with Crippen LogP contribution in [0.15, 0.2) is 48.5 Å². The third-order valence-electron chi connectivity index (χ3n) is 8.10. The van der Waals surface area contributed by atoms with Crippen molar-refractivity contribution in [3.05, 3.63) is 65.2 Å². The van der Waals surface area contributed by atoms with Crippen LogP contribution >= 0.6 is 0 Å². The Kier molecular flexibility index (Phi) is 4.74. The number of methoxy groups -OCH3 is 1. The van der Waals surface area contributed by atoms with E-state index in [1.54, 1.807) is 7.11 Å². The molecular formula is C27H30N2O3. The highest BCUT2D eigenvalue weighted by atomic mass is 16.5. The lowest BCUT2D eigenvalue weighted by Crippen LogP contribution is -2.50. The van der Waals surface area contributed by atoms with E-state index >= 15 is 0 Å². The summed E-state index contributed by atoms with van der Waals surface area (Å²) in [5.74, 6) is 1.80. The Morgan fingerprint density at radius 2 is 1.88 bits per heavy atom. The maximum atomic E-state index is 13.9. The van der Waals surface area contributed by atoms with Gasteiger partial charge in [-0.3, -0.25) is 9.59 Å². The second kappa shape index (κ2) is 7.65. The van der Waals surface area contributed by atoms with Crippen molar-refractivity contribution in [1.29, 1.82) is 0 Å². The number of ether oxygens (including phenoxy) is 1. The molecule has 5 atom stereocenters. The molecule has 0 radical (unpaired) electrons. The minimum Gasteiger partial charge on any atom is -0.497 e. The highest BCUT2D eigenvalue weighted by Gasteiger charge is 2.50. The first kappa shape index (κ1) is 19.8. The van der Waals surface area contributed by atoms with Crippen LogP contribution in [0, 0.1) is 11.8 Å². The third kappa shape index (κ3) is 3.21. The number of carbonyl (C=O) groups is 2. The predicted molar refractivity (Wildman–Crippen MR) is 121 cm³/mol. The molecule has 0 aromatic heterocycles. The summed E-state index contributed by atoms with van der Waals surface area (Å²) >= 11 is 0. The van der Waals surface area contributed by atoms with Gasteiger partial charge in [-0.25, -0.2) is 0 Å². The van der Waals surface area contributed by atoms with Crippen molar-refractivity contribution in [2.45, 2.75) is 62.6 Å². The van der Waals surface area contributed by atoms with Crippen LogP contribution in [0.3, 0.4) is 0 Å². The van der Waals surface area contributed by atoms with Gasteiger partial charge in [-0.05, 0) is 73.3 Å². The van der Waals surface area contributed by atoms with E-state index in [2.05, 4.69) is 5.32 Å². The highest BCUT2D eigenvalue weighted by molar-refractivity contribution is 6.01. The van der Waals surface area contributed by atoms with Gasteiger partial charge in [0.1, 0.15) is 5.75 Å². The molecule has 2 bridgehead atoms. The zero-order valence-corrected chi connectivity index (χ0v) is 18.5. The van der Waals surface area contributed by atoms with E-state index in [1.807, 2.05) is 53.4 Å². The average molecular weight is 431 g/mol. The number of hydrogen-bond donors (Lipinski definition) is 1. The van der Waals surface area contributed by atoms with E-state index in [-0.39, 0.29) is 29.9 Å². The Balaban J connectivity index is 1.43. The van der Waals surface area contributed by atoms with E-state index < -0.39 is 5.92 Å². The Morgan fingerprint density at radius 3 is 2.59 bits per heavy atom. The summed E-state index contributed by atoms with van der Waals surface area (Å²) in [5, 5.41) is 3.44. The fourth-order valence-electron chi connectivity index (χ4n) is 6.46. The zero-order chi connectivity index (χ0) is 21.8. The number of amides is 2. The molecule has 2 aromatic carbocycles. The summed E-state index contributed by atoms with van der Waals surface area (Å²) in [6.45, 7) is 0. The van der Waals surface area contributed by atoms with Crippen molar-refractivity contribution in [3.63, 3.8) is 0 Å². The molecule has 2 aromatic rings. The highest BCUT2D eigenvalue weighted by Crippen LogP contribution is 2.49. The molecular weight excluding hydrogens is 400 g/mol. The van der Waals surface area contributed by atoms with Gasteiger partial charge >= 0.3 is 0 Å². The molecule has 6 rings (SSSR count). The topological polar surface area (TPSA) is 58.6 Å². The first-order valence-corrected chi connectivity index (χ1v) is 12.0. The molecule has 166 valence electrons. The van der Waals surface area contributed by atoms with Gasteiger partial charge < -0.3 is 15.0 Å². The summed E-state index contributed by atoms with van der Waals surface area (Å²) in [7, 11) is 1.65. The molecule has 1 heterocycles. The van der Waals surface area contributed by atoms with Crippen LogP contribution < -0.4 is 10.1 Å². The lowest BCUT2D eigenvalue weighted by molar-refractivity contribution is -0.125. The Bertz CT molecular complexity index is 1060. The maximum Gasteiger partial charge on any atom is 0.254 e. The van der Waals surface area contributed by atoms with Crippen molar-refractivity contribution < 1.29 is 14.3 Å². The minimum atomic E-state index is -0.421. The van der Waals surface area contributed by atoms with Crippen molar-refractivity contribution in [2.75, 3.05) is 7.11 Å². The molecule has 4 aliphatic rings. The van der Waals surface area contributed by atoms with Gasteiger partial charge in [0.25, 0.3) is 5.91 Å². The van der Waals surface area contributed by atoms with Crippen LogP contribution in [0.4, 0.5) is 0 Å². The van der Waals surface area contributed by atoms with E-state index in [0.29, 0.717) is 11.5 Å². The molecule has 3 fully saturated rings. The molecule has 2 amide bonds. The van der Waals surface area contributed by atoms with Crippen molar-refractivity contribution >= 4 is 11.8 Å². The van der Waals surface area contributed by atoms with E-state index in [1.165, 1.54) is 19.3 Å². The second-order valence-corrected chi connectivity index (χ2v) is 10.0. The lowest BCUT2D eigenvalue weighted by atomic mass is 9.78. The zero-order valence-electron chi connectivity index (χ0n) is 18.5. The number of rotatable bonds is 5. The van der Waals surface area contributed by atoms with E-state index in [4.69, 9.17) is 4.74 Å². The molecule has 32 heavy (non-hydrogen) atoms. The molecule has 0 saturated heterocycles. The van der Waals surface area contributed by atoms with Crippen LogP contribution in [0.2, 0.25) is 0 Å². The largest absolute Gasteiger partial charge is 0.497 e. The standard InChI is InChI=1S/C27H30N2O3/c1-32-20-6-4-5-18(15-20)25-24(26(30)28-23-14-16-9-10-17(23)13-16)21-7-2-3-8-22(21)27(31)29(25)19-11-12-19/h2-8,15-17,19,23-25H,9-14H2,1H3,(H,28,30)/t16-,17-,23-,24+,25+/m0/s1. The van der Waals surface area contributed by atoms with Crippen molar-refractivity contribution in [3.8, 4) is 5.75 Å². The van der Waals surface area contributed by atoms with Gasteiger partial charge in [-0.2, -0.15) is 0 Å². The SMILES string of the molecule is COc1cccc([C@@H]2[C@H](C(=O)N[C@H]3C[C@H]4CC[C@H]3C4)c3ccccc3C(=O)N2C2CC2)c1. The van der Waals surface area contributed by atoms with Gasteiger partial charge in [-0.1, -0.05) is 36.8 Å². The molecule has 3 aliphatic carbocycles. The fourth-order valence-corrected chi connectivity index (χ4v) is 6.46. The number of fused-ring (bicyclic) bond motifs is 3. The van der Waals surface area contributed by atoms with Crippen LogP contribution in [0.1, 0.15) is 72.0 Å². The van der Waals surface area contributed by atoms with Gasteiger partial charge in [0, 0.05) is 17.6 Å². The summed E-state index contributed by atoms with van der Waals surface area (Å²) in [6.07, 6.45) is 6.87. The molecule has 3 saturated carbocycles. The van der Waals surface area contributed by atoms with E-state index in [0.717, 1.165) is 42.1 Å². The summed E-state index contributed by atoms with van der Waals surface area (Å²) in [4.78, 5) is 29.6. The number of benzene rings is 2. The second-order valence-electron chi connectivity index (χ2n) is 10.0. The van der Waals surface area contributed by atoms with Crippen LogP contribution in [0.25, 0.3) is 0 Å². The van der Waals surface area contributed by atoms with Crippen molar-refractivity contribution in [2.24, 2.45) is 11.8 Å². The smallest absolute Gasteiger partial charge is 0.254 e. The molecule has 0 spiro atoms. The van der Waals surface area contributed by atoms with Gasteiger partial charge in [-0.15, -0.1) is 0 Å². The quantitative estimate of drug-likeness (QED) is 0.763. The fraction of sp³-hybridized carbons (Fsp3) is 0.481. The lowest BCUT2D eigenvalue weighted by Gasteiger charge is -2.42. The molecule has 1 N–H and O–H groups in total. The Morgan fingerprint density at radius 1 is 1.03 bits per heavy atom. The number of hydrogen-bond acceptors (Lipinski definition) is 3. The van der Waals surface area contributed by atoms with Gasteiger partial charge in [0.2, 0.25) is 5.91 Å². The normalized spacial score (nSPS) is 30.8. The molecule has 1 aliphatic heterocycles. The Hall–Kier alpha value is -2.82. The first-order valence-electron chi connectivity index (χ1n) is 12.0. The molecule has 5 nitrogen and oxygen atoms in total. The number of nitrogens with one attached hydrogen (secondary N) is 1. The summed E-state index contributed by atoms with van der Waals surface area (Å²) in [5.41, 5.74) is 2.49. The molecule has 0 unspecified atom stereocenters. The molecule has 5 heteroatoms. The monoisotopic (exact) mass is 430 g/mol. The van der Waals surface area contributed by atoms with Crippen LogP contribution in [0.5, 0.6) is 5.75 Å². The Labute approximate surface area is 189 Å². The maximum absolute atomic E-state index is 13.9. The van der Waals surface area contributed by atoms with Crippen LogP contribution in [-0.4, -0.2) is 35.9 Å². The third-order valence-corrected chi connectivity index (χ3v) is 8.10. The van der Waals surface area contributed by atoms with Gasteiger partial charge in [0.15, 0.2) is 0 Å². The summed E-state index contributed by atoms with van der Waals surface area (Å²) < 4.78 is 5.49.